The van der Waals surface area contributed by atoms with Gasteiger partial charge in [0.1, 0.15) is 65.2 Å². The highest BCUT2D eigenvalue weighted by Gasteiger charge is 2.34. The number of carbonyl (C=O) groups is 5. The minimum absolute atomic E-state index is 0.0223. The monoisotopic (exact) mass is 1620 g/mol. The van der Waals surface area contributed by atoms with E-state index in [9.17, 15) is 79.0 Å². The molecule has 0 heterocycles. The molecule has 0 aromatic heterocycles. The lowest BCUT2D eigenvalue weighted by Crippen LogP contribution is -2.43. The second kappa shape index (κ2) is 43.8. The van der Waals surface area contributed by atoms with Crippen molar-refractivity contribution in [1.29, 1.82) is 0 Å². The van der Waals surface area contributed by atoms with Crippen molar-refractivity contribution >= 4 is 126 Å². The molecule has 1 unspecified atom stereocenters. The number of rotatable bonds is 27. The Labute approximate surface area is 639 Å². The fraction of sp³-hybridized carbons (Fsp3) is 0.347. The Morgan fingerprint density at radius 3 is 1.32 bits per heavy atom. The number of hydrogen-bond acceptors (Lipinski definition) is 16. The van der Waals surface area contributed by atoms with E-state index in [-0.39, 0.29) is 82.9 Å². The number of carboxylic acids is 1. The van der Waals surface area contributed by atoms with Crippen LogP contribution in [0.5, 0.6) is 23.0 Å². The summed E-state index contributed by atoms with van der Waals surface area (Å²) < 4.78 is 126. The van der Waals surface area contributed by atoms with Crippen LogP contribution >= 0.6 is 58.0 Å². The molecule has 0 aliphatic rings. The highest BCUT2D eigenvalue weighted by Crippen LogP contribution is 2.40. The van der Waals surface area contributed by atoms with Crippen molar-refractivity contribution in [3.05, 3.63) is 213 Å². The molecule has 0 aliphatic carbocycles. The molecular weight excluding hydrogens is 1540 g/mol. The van der Waals surface area contributed by atoms with Crippen LogP contribution in [0.1, 0.15) is 107 Å². The van der Waals surface area contributed by atoms with E-state index in [1.54, 1.807) is 33.6 Å². The summed E-state index contributed by atoms with van der Waals surface area (Å²) in [5.74, 6) is -3.96. The number of amides is 4. The van der Waals surface area contributed by atoms with Gasteiger partial charge in [0.05, 0.1) is 67.0 Å². The van der Waals surface area contributed by atoms with Gasteiger partial charge in [-0.15, -0.1) is 34.8 Å². The zero-order valence-corrected chi connectivity index (χ0v) is 64.4. The molecule has 0 fully saturated rings. The number of nitrogens with one attached hydrogen (secondary N) is 1. The molecule has 2 N–H and O–H groups in total. The normalized spacial score (nSPS) is 11.3. The molecule has 582 valence electrons. The number of carboxylic acid groups (broad SMARTS) is 1. The summed E-state index contributed by atoms with van der Waals surface area (Å²) in [6.45, 7) is 17.7. The molecule has 23 nitrogen and oxygen atoms in total. The van der Waals surface area contributed by atoms with Crippen molar-refractivity contribution in [2.45, 2.75) is 99.5 Å². The van der Waals surface area contributed by atoms with Crippen LogP contribution in [0.15, 0.2) is 127 Å². The molecule has 0 aliphatic heterocycles. The Morgan fingerprint density at radius 2 is 0.953 bits per heavy atom. The van der Waals surface area contributed by atoms with Crippen LogP contribution in [-0.4, -0.2) is 124 Å². The minimum Gasteiger partial charge on any atom is -0.477 e. The van der Waals surface area contributed by atoms with Crippen LogP contribution in [-0.2, 0) is 76.7 Å². The molecule has 7 aromatic rings. The van der Waals surface area contributed by atoms with Gasteiger partial charge >= 0.3 is 18.3 Å². The van der Waals surface area contributed by atoms with Gasteiger partial charge < -0.3 is 33.7 Å². The number of carbonyl (C=O) groups excluding carboxylic acids is 4. The third-order valence-electron chi connectivity index (χ3n) is 15.0. The van der Waals surface area contributed by atoms with Crippen molar-refractivity contribution in [3.63, 3.8) is 0 Å². The Kier molecular flexibility index (Phi) is 37.8. The second-order valence-electron chi connectivity index (χ2n) is 22.5. The van der Waals surface area contributed by atoms with Gasteiger partial charge in [0.2, 0.25) is 27.7 Å². The first kappa shape index (κ1) is 92.4. The van der Waals surface area contributed by atoms with Gasteiger partial charge in [0, 0.05) is 45.1 Å². The molecule has 4 amide bonds. The summed E-state index contributed by atoms with van der Waals surface area (Å²) in [4.78, 5) is 84.2. The van der Waals surface area contributed by atoms with Crippen LogP contribution in [0.25, 0.3) is 0 Å². The van der Waals surface area contributed by atoms with E-state index in [0.29, 0.717) is 37.7 Å². The number of nitro benzene ring substituents is 2. The summed E-state index contributed by atoms with van der Waals surface area (Å²) in [5, 5.41) is 30.0. The molecule has 0 spiro atoms. The summed E-state index contributed by atoms with van der Waals surface area (Å²) in [7, 11) is -0.786. The SMILES string of the molecule is CCOCN(C(=O)CCl)c1c(C)cccc1CC.CCc1cccc(C)c1N(C(=O)CCl)C(C)COC.CCc1cccc(CC)c1N(COC)C(=O)CCl.CS(=O)(=O)NC(=O)c1cc(Oc2ccc(C(F)(F)F)cc2Cl)ccc1[N+](=O)[O-].O=C(O)c1cc(Oc2ccc(C(F)(F)F)cc2Cl)ccc1[N+](=O)[O-]. The Balaban J connectivity index is 0.000000351. The number of para-hydroxylation sites is 3. The number of benzene rings is 7. The highest BCUT2D eigenvalue weighted by atomic mass is 35.5. The lowest BCUT2D eigenvalue weighted by Gasteiger charge is -2.31. The third kappa shape index (κ3) is 27.7. The average Bonchev–Trinajstić information content (AvgIpc) is 0.825. The van der Waals surface area contributed by atoms with Crippen molar-refractivity contribution in [2.24, 2.45) is 0 Å². The van der Waals surface area contributed by atoms with Crippen LogP contribution in [0, 0.1) is 34.1 Å². The predicted octanol–water partition coefficient (Wildman–Crippen LogP) is 17.8. The predicted molar refractivity (Wildman–Crippen MR) is 399 cm³/mol. The number of ether oxygens (including phenoxy) is 5. The molecule has 7 aromatic carbocycles. The van der Waals surface area contributed by atoms with Gasteiger partial charge in [-0.05, 0) is 135 Å². The van der Waals surface area contributed by atoms with Gasteiger partial charge in [-0.3, -0.25) is 49.2 Å². The summed E-state index contributed by atoms with van der Waals surface area (Å²) in [6.07, 6.45) is -5.02. The fourth-order valence-electron chi connectivity index (χ4n) is 10.1. The maximum atomic E-state index is 12.7. The van der Waals surface area contributed by atoms with Gasteiger partial charge in [-0.2, -0.15) is 26.3 Å². The van der Waals surface area contributed by atoms with Crippen LogP contribution in [0.2, 0.25) is 10.0 Å². The molecule has 7 rings (SSSR count). The molecule has 35 heteroatoms. The zero-order valence-electron chi connectivity index (χ0n) is 59.8. The molecular formula is C72H79Cl5F6N6O17S. The number of anilines is 3. The molecule has 107 heavy (non-hydrogen) atoms. The molecule has 0 bridgehead atoms. The van der Waals surface area contributed by atoms with Gasteiger partial charge in [0.25, 0.3) is 17.3 Å². The van der Waals surface area contributed by atoms with Crippen molar-refractivity contribution < 1.29 is 97.4 Å². The lowest BCUT2D eigenvalue weighted by molar-refractivity contribution is -0.385. The maximum Gasteiger partial charge on any atom is 0.416 e. The van der Waals surface area contributed by atoms with Crippen LogP contribution in [0.3, 0.4) is 0 Å². The number of hydrogen-bond donors (Lipinski definition) is 2. The number of alkyl halides is 9. The van der Waals surface area contributed by atoms with E-state index in [0.717, 1.165) is 131 Å². The fourth-order valence-corrected chi connectivity index (χ4v) is 11.4. The first-order chi connectivity index (χ1) is 50.3. The Morgan fingerprint density at radius 1 is 0.561 bits per heavy atom. The van der Waals surface area contributed by atoms with Crippen molar-refractivity contribution in [2.75, 3.05) is 79.5 Å². The highest BCUT2D eigenvalue weighted by molar-refractivity contribution is 7.89. The van der Waals surface area contributed by atoms with E-state index in [1.807, 2.05) is 76.2 Å². The quantitative estimate of drug-likeness (QED) is 0.0159. The van der Waals surface area contributed by atoms with E-state index in [2.05, 4.69) is 33.8 Å². The lowest BCUT2D eigenvalue weighted by atomic mass is 10.0. The Hall–Kier alpha value is -8.85. The second-order valence-corrected chi connectivity index (χ2v) is 25.9. The third-order valence-corrected chi connectivity index (χ3v) is 16.8. The van der Waals surface area contributed by atoms with Crippen molar-refractivity contribution in [1.82, 2.24) is 4.72 Å². The van der Waals surface area contributed by atoms with E-state index >= 15 is 0 Å². The number of halogens is 11. The summed E-state index contributed by atoms with van der Waals surface area (Å²) in [6, 6.07) is 28.5. The number of aromatic carboxylic acids is 1. The van der Waals surface area contributed by atoms with Gasteiger partial charge in [0.15, 0.2) is 0 Å². The number of nitrogens with zero attached hydrogens (tertiary/aromatic N) is 5. The zero-order chi connectivity index (χ0) is 80.8. The van der Waals surface area contributed by atoms with E-state index in [1.165, 1.54) is 0 Å². The van der Waals surface area contributed by atoms with Crippen molar-refractivity contribution in [3.8, 4) is 23.0 Å². The number of nitro groups is 2. The van der Waals surface area contributed by atoms with Gasteiger partial charge in [-0.1, -0.05) is 105 Å². The molecule has 0 radical (unpaired) electrons. The maximum absolute atomic E-state index is 12.7. The average molecular weight is 1620 g/mol. The minimum atomic E-state index is -4.62. The Bertz CT molecular complexity index is 4330. The van der Waals surface area contributed by atoms with E-state index in [4.69, 9.17) is 86.8 Å². The first-order valence-electron chi connectivity index (χ1n) is 32.1. The van der Waals surface area contributed by atoms with E-state index < -0.39 is 82.8 Å². The standard InChI is InChI=1S/C15H10ClF3N2O6S.C15H22ClNO2.C14H7ClF3NO5.2C14H20ClNO2/c1-28(25,26)20-14(22)10-7-9(3-4-12(10)21(23)24)27-13-5-2-8(6-11(13)16)15(17,18)19;1-5-13-8-6-7-11(2)15(13)17(14(18)9-16)12(3)10-19-4;15-10-5-7(14(16,17)18)1-4-12(10)24-8-2-3-11(19(22)23)9(6-8)13(20)21;1-4-11-7-6-8-12(5-2)14(11)16(10-18-3)13(17)9-15;1-4-12-8-6-7-11(3)14(12)16(10-18-5-2)13(17)9-15/h2-7H,1H3,(H,20,22);6-8,12H,5,9-10H2,1-4H3;1-6H,(H,20,21);2*6-8H,4-5,9-10H2,1-3H3. The first-order valence-corrected chi connectivity index (χ1v) is 36.4. The number of methoxy groups -OCH3 is 2. The van der Waals surface area contributed by atoms with Crippen LogP contribution < -0.4 is 28.9 Å². The number of aryl methyl sites for hydroxylation is 6. The summed E-state index contributed by atoms with van der Waals surface area (Å²) in [5.41, 5.74) is 4.99. The molecule has 0 saturated heterocycles. The largest absolute Gasteiger partial charge is 0.477 e. The number of sulfonamides is 1. The molecule has 0 saturated carbocycles. The topological polar surface area (TPSA) is 294 Å². The summed E-state index contributed by atoms with van der Waals surface area (Å²) >= 11 is 28.6. The smallest absolute Gasteiger partial charge is 0.416 e. The van der Waals surface area contributed by atoms with Crippen LogP contribution in [0.4, 0.5) is 54.8 Å². The van der Waals surface area contributed by atoms with Gasteiger partial charge in [-0.25, -0.2) is 17.9 Å². The molecule has 1 atom stereocenters.